The predicted molar refractivity (Wildman–Crippen MR) is 77.7 cm³/mol. The van der Waals surface area contributed by atoms with Crippen molar-refractivity contribution in [1.29, 1.82) is 0 Å². The summed E-state index contributed by atoms with van der Waals surface area (Å²) in [7, 11) is -3.64. The van der Waals surface area contributed by atoms with Crippen molar-refractivity contribution in [1.82, 2.24) is 14.5 Å². The van der Waals surface area contributed by atoms with Crippen LogP contribution in [0.3, 0.4) is 0 Å². The number of hydrogen-bond acceptors (Lipinski definition) is 5. The highest BCUT2D eigenvalue weighted by atomic mass is 32.2. The molecule has 0 aromatic heterocycles. The molecule has 0 saturated carbocycles. The number of carbonyl (C=O) groups is 1. The molecular weight excluding hydrogens is 296 g/mol. The Hall–Kier alpha value is -0.740. The number of ether oxygens (including phenoxy) is 1. The van der Waals surface area contributed by atoms with Gasteiger partial charge >= 0.3 is 0 Å². The maximum Gasteiger partial charge on any atom is 0.277 e. The second kappa shape index (κ2) is 7.50. The third kappa shape index (κ3) is 5.19. The minimum Gasteiger partial charge on any atom is -0.378 e. The third-order valence-corrected chi connectivity index (χ3v) is 4.99. The lowest BCUT2D eigenvalue weighted by Crippen LogP contribution is -2.52. The SMILES string of the molecule is NS(=O)(=O)N1CCN(C(=O)CCOC2CCNCC2)CC1. The molecule has 0 bridgehead atoms. The molecule has 2 aliphatic heterocycles. The Morgan fingerprint density at radius 2 is 1.81 bits per heavy atom. The van der Waals surface area contributed by atoms with E-state index in [0.29, 0.717) is 26.1 Å². The predicted octanol–water partition coefficient (Wildman–Crippen LogP) is -1.51. The summed E-state index contributed by atoms with van der Waals surface area (Å²) in [6.45, 7) is 3.67. The average molecular weight is 320 g/mol. The van der Waals surface area contributed by atoms with Crippen molar-refractivity contribution >= 4 is 16.1 Å². The number of nitrogens with zero attached hydrogens (tertiary/aromatic N) is 2. The van der Waals surface area contributed by atoms with Crippen LogP contribution in [0, 0.1) is 0 Å². The number of hydrogen-bond donors (Lipinski definition) is 2. The first-order valence-corrected chi connectivity index (χ1v) is 8.85. The standard InChI is InChI=1S/C12H24N4O4S/c13-21(18,19)16-8-6-15(7-9-16)12(17)3-10-20-11-1-4-14-5-2-11/h11,14H,1-10H2,(H2,13,18,19). The van der Waals surface area contributed by atoms with Gasteiger partial charge in [0.05, 0.1) is 19.1 Å². The lowest BCUT2D eigenvalue weighted by atomic mass is 10.1. The van der Waals surface area contributed by atoms with Gasteiger partial charge < -0.3 is 15.0 Å². The number of amides is 1. The molecule has 2 fully saturated rings. The van der Waals surface area contributed by atoms with Gasteiger partial charge in [-0.05, 0) is 25.9 Å². The normalized spacial score (nSPS) is 22.4. The zero-order valence-electron chi connectivity index (χ0n) is 12.2. The highest BCUT2D eigenvalue weighted by molar-refractivity contribution is 7.86. The summed E-state index contributed by atoms with van der Waals surface area (Å²) in [4.78, 5) is 13.7. The van der Waals surface area contributed by atoms with Crippen LogP contribution in [0.15, 0.2) is 0 Å². The van der Waals surface area contributed by atoms with Crippen LogP contribution in [0.4, 0.5) is 0 Å². The van der Waals surface area contributed by atoms with Crippen LogP contribution in [0.1, 0.15) is 19.3 Å². The summed E-state index contributed by atoms with van der Waals surface area (Å²) in [5.41, 5.74) is 0. The molecule has 0 spiro atoms. The van der Waals surface area contributed by atoms with Crippen molar-refractivity contribution < 1.29 is 17.9 Å². The Labute approximate surface area is 125 Å². The topological polar surface area (TPSA) is 105 Å². The molecule has 0 unspecified atom stereocenters. The van der Waals surface area contributed by atoms with Gasteiger partial charge in [0.1, 0.15) is 0 Å². The molecule has 21 heavy (non-hydrogen) atoms. The summed E-state index contributed by atoms with van der Waals surface area (Å²) in [5.74, 6) is 0.0120. The Balaban J connectivity index is 1.65. The van der Waals surface area contributed by atoms with Gasteiger partial charge in [0, 0.05) is 26.2 Å². The Morgan fingerprint density at radius 3 is 2.38 bits per heavy atom. The van der Waals surface area contributed by atoms with Crippen LogP contribution in [0.25, 0.3) is 0 Å². The molecule has 2 saturated heterocycles. The molecule has 1 amide bonds. The molecular formula is C12H24N4O4S. The van der Waals surface area contributed by atoms with Gasteiger partial charge in [-0.2, -0.15) is 12.7 Å². The molecule has 2 aliphatic rings. The molecule has 0 atom stereocenters. The zero-order chi connectivity index (χ0) is 15.3. The fraction of sp³-hybridized carbons (Fsp3) is 0.917. The molecule has 0 aromatic rings. The third-order valence-electron chi connectivity index (χ3n) is 3.91. The van der Waals surface area contributed by atoms with E-state index in [2.05, 4.69) is 5.32 Å². The Morgan fingerprint density at radius 1 is 1.19 bits per heavy atom. The maximum atomic E-state index is 12.0. The van der Waals surface area contributed by atoms with E-state index >= 15 is 0 Å². The summed E-state index contributed by atoms with van der Waals surface area (Å²) in [6.07, 6.45) is 2.57. The molecule has 0 radical (unpaired) electrons. The maximum absolute atomic E-state index is 12.0. The van der Waals surface area contributed by atoms with Crippen LogP contribution in [-0.4, -0.2) is 75.5 Å². The van der Waals surface area contributed by atoms with E-state index in [1.165, 1.54) is 4.31 Å². The van der Waals surface area contributed by atoms with Gasteiger partial charge in [0.2, 0.25) is 5.91 Å². The first kappa shape index (κ1) is 16.6. The fourth-order valence-electron chi connectivity index (χ4n) is 2.63. The van der Waals surface area contributed by atoms with Gasteiger partial charge in [-0.25, -0.2) is 5.14 Å². The first-order chi connectivity index (χ1) is 9.97. The number of piperazine rings is 1. The highest BCUT2D eigenvalue weighted by Crippen LogP contribution is 2.09. The van der Waals surface area contributed by atoms with Crippen LogP contribution in [0.5, 0.6) is 0 Å². The van der Waals surface area contributed by atoms with Crippen molar-refractivity contribution in [2.75, 3.05) is 45.9 Å². The van der Waals surface area contributed by atoms with Gasteiger partial charge in [-0.15, -0.1) is 0 Å². The quantitative estimate of drug-likeness (QED) is 0.641. The van der Waals surface area contributed by atoms with Crippen molar-refractivity contribution in [3.63, 3.8) is 0 Å². The van der Waals surface area contributed by atoms with Crippen molar-refractivity contribution in [3.8, 4) is 0 Å². The van der Waals surface area contributed by atoms with Crippen LogP contribution < -0.4 is 10.5 Å². The van der Waals surface area contributed by atoms with E-state index in [1.807, 2.05) is 0 Å². The summed E-state index contributed by atoms with van der Waals surface area (Å²) in [5, 5.41) is 8.33. The zero-order valence-corrected chi connectivity index (χ0v) is 13.0. The highest BCUT2D eigenvalue weighted by Gasteiger charge is 2.26. The van der Waals surface area contributed by atoms with E-state index < -0.39 is 10.2 Å². The molecule has 8 nitrogen and oxygen atoms in total. The minimum atomic E-state index is -3.64. The molecule has 122 valence electrons. The lowest BCUT2D eigenvalue weighted by Gasteiger charge is -2.33. The van der Waals surface area contributed by atoms with Gasteiger partial charge in [-0.3, -0.25) is 4.79 Å². The van der Waals surface area contributed by atoms with E-state index in [0.717, 1.165) is 25.9 Å². The van der Waals surface area contributed by atoms with Crippen LogP contribution >= 0.6 is 0 Å². The average Bonchev–Trinajstić information content (AvgIpc) is 2.47. The Kier molecular flexibility index (Phi) is 5.94. The number of nitrogens with two attached hydrogens (primary N) is 1. The molecule has 3 N–H and O–H groups in total. The van der Waals surface area contributed by atoms with Crippen LogP contribution in [-0.2, 0) is 19.7 Å². The molecule has 9 heteroatoms. The van der Waals surface area contributed by atoms with Crippen LogP contribution in [0.2, 0.25) is 0 Å². The minimum absolute atomic E-state index is 0.0120. The van der Waals surface area contributed by atoms with Crippen molar-refractivity contribution in [3.05, 3.63) is 0 Å². The largest absolute Gasteiger partial charge is 0.378 e. The summed E-state index contributed by atoms with van der Waals surface area (Å²) in [6, 6.07) is 0. The van der Waals surface area contributed by atoms with E-state index in [4.69, 9.17) is 9.88 Å². The number of nitrogens with one attached hydrogen (secondary N) is 1. The van der Waals surface area contributed by atoms with E-state index in [1.54, 1.807) is 4.90 Å². The monoisotopic (exact) mass is 320 g/mol. The van der Waals surface area contributed by atoms with Crippen molar-refractivity contribution in [2.24, 2.45) is 5.14 Å². The lowest BCUT2D eigenvalue weighted by molar-refractivity contribution is -0.134. The second-order valence-corrected chi connectivity index (χ2v) is 6.94. The first-order valence-electron chi connectivity index (χ1n) is 7.35. The molecule has 0 aromatic carbocycles. The smallest absolute Gasteiger partial charge is 0.277 e. The molecule has 0 aliphatic carbocycles. The number of rotatable bonds is 5. The summed E-state index contributed by atoms with van der Waals surface area (Å²) < 4.78 is 29.3. The number of carbonyl (C=O) groups excluding carboxylic acids is 1. The van der Waals surface area contributed by atoms with E-state index in [9.17, 15) is 13.2 Å². The number of piperidine rings is 1. The fourth-order valence-corrected chi connectivity index (χ4v) is 3.30. The second-order valence-electron chi connectivity index (χ2n) is 5.39. The Bertz CT molecular complexity index is 442. The van der Waals surface area contributed by atoms with Gasteiger partial charge in [0.25, 0.3) is 10.2 Å². The van der Waals surface area contributed by atoms with Crippen molar-refractivity contribution in [2.45, 2.75) is 25.4 Å². The van der Waals surface area contributed by atoms with Gasteiger partial charge in [-0.1, -0.05) is 0 Å². The van der Waals surface area contributed by atoms with E-state index in [-0.39, 0.29) is 25.1 Å². The molecule has 2 rings (SSSR count). The molecule has 2 heterocycles. The van der Waals surface area contributed by atoms with Gasteiger partial charge in [0.15, 0.2) is 0 Å². The summed E-state index contributed by atoms with van der Waals surface area (Å²) >= 11 is 0.